The molecular formula is C13H19NO3. The number of amides is 1. The van der Waals surface area contributed by atoms with Gasteiger partial charge in [0.15, 0.2) is 5.76 Å². The van der Waals surface area contributed by atoms with E-state index in [-0.39, 0.29) is 5.91 Å². The minimum Gasteiger partial charge on any atom is -0.453 e. The molecule has 17 heavy (non-hydrogen) atoms. The molecule has 1 fully saturated rings. The lowest BCUT2D eigenvalue weighted by molar-refractivity contribution is 0.0722. The molecule has 1 aromatic heterocycles. The number of hydrogen-bond acceptors (Lipinski definition) is 3. The van der Waals surface area contributed by atoms with Crippen LogP contribution in [-0.4, -0.2) is 31.0 Å². The van der Waals surface area contributed by atoms with E-state index in [1.54, 1.807) is 19.2 Å². The summed E-state index contributed by atoms with van der Waals surface area (Å²) in [5.41, 5.74) is 0. The van der Waals surface area contributed by atoms with E-state index in [1.165, 1.54) is 12.8 Å². The van der Waals surface area contributed by atoms with Gasteiger partial charge in [-0.05, 0) is 25.0 Å². The van der Waals surface area contributed by atoms with Gasteiger partial charge in [-0.2, -0.15) is 0 Å². The molecule has 4 heteroatoms. The van der Waals surface area contributed by atoms with E-state index in [9.17, 15) is 4.79 Å². The smallest absolute Gasteiger partial charge is 0.289 e. The second-order valence-corrected chi connectivity index (χ2v) is 4.41. The first-order valence-electron chi connectivity index (χ1n) is 6.18. The van der Waals surface area contributed by atoms with Crippen molar-refractivity contribution in [1.82, 2.24) is 4.90 Å². The maximum absolute atomic E-state index is 12.2. The minimum atomic E-state index is 0.00857. The van der Waals surface area contributed by atoms with Crippen molar-refractivity contribution in [2.75, 3.05) is 20.2 Å². The molecule has 2 rings (SSSR count). The lowest BCUT2D eigenvalue weighted by Crippen LogP contribution is -2.31. The van der Waals surface area contributed by atoms with Gasteiger partial charge in [-0.15, -0.1) is 0 Å². The summed E-state index contributed by atoms with van der Waals surface area (Å²) in [6.45, 7) is 2.10. The molecule has 0 atom stereocenters. The highest BCUT2D eigenvalue weighted by atomic mass is 16.5. The van der Waals surface area contributed by atoms with Crippen LogP contribution in [0.25, 0.3) is 0 Å². The summed E-state index contributed by atoms with van der Waals surface area (Å²) in [6, 6.07) is 3.54. The average molecular weight is 237 g/mol. The number of ether oxygens (including phenoxy) is 1. The van der Waals surface area contributed by atoms with Crippen molar-refractivity contribution < 1.29 is 13.9 Å². The van der Waals surface area contributed by atoms with Crippen LogP contribution in [0.3, 0.4) is 0 Å². The van der Waals surface area contributed by atoms with E-state index in [0.717, 1.165) is 25.9 Å². The van der Waals surface area contributed by atoms with Gasteiger partial charge in [0, 0.05) is 20.2 Å². The molecule has 0 saturated carbocycles. The zero-order valence-electron chi connectivity index (χ0n) is 10.3. The van der Waals surface area contributed by atoms with Crippen molar-refractivity contribution in [1.29, 1.82) is 0 Å². The quantitative estimate of drug-likeness (QED) is 0.811. The monoisotopic (exact) mass is 237 g/mol. The largest absolute Gasteiger partial charge is 0.453 e. The van der Waals surface area contributed by atoms with Crippen LogP contribution >= 0.6 is 0 Å². The summed E-state index contributed by atoms with van der Waals surface area (Å²) in [6.07, 6.45) is 4.63. The van der Waals surface area contributed by atoms with E-state index in [2.05, 4.69) is 0 Å². The fourth-order valence-corrected chi connectivity index (χ4v) is 2.14. The molecule has 94 valence electrons. The third-order valence-corrected chi connectivity index (χ3v) is 3.05. The summed E-state index contributed by atoms with van der Waals surface area (Å²) < 4.78 is 10.4. The van der Waals surface area contributed by atoms with Crippen LogP contribution in [-0.2, 0) is 11.3 Å². The van der Waals surface area contributed by atoms with Gasteiger partial charge in [-0.3, -0.25) is 4.79 Å². The molecule has 2 heterocycles. The van der Waals surface area contributed by atoms with Crippen molar-refractivity contribution in [3.05, 3.63) is 23.7 Å². The Morgan fingerprint density at radius 3 is 2.65 bits per heavy atom. The molecule has 4 nitrogen and oxygen atoms in total. The van der Waals surface area contributed by atoms with E-state index in [0.29, 0.717) is 18.1 Å². The van der Waals surface area contributed by atoms with Gasteiger partial charge in [-0.25, -0.2) is 0 Å². The van der Waals surface area contributed by atoms with E-state index >= 15 is 0 Å². The van der Waals surface area contributed by atoms with Gasteiger partial charge < -0.3 is 14.1 Å². The first-order chi connectivity index (χ1) is 8.31. The van der Waals surface area contributed by atoms with Crippen LogP contribution in [0.15, 0.2) is 16.5 Å². The molecule has 1 aromatic rings. The Morgan fingerprint density at radius 2 is 2.00 bits per heavy atom. The van der Waals surface area contributed by atoms with Crippen molar-refractivity contribution in [3.8, 4) is 0 Å². The number of carbonyl (C=O) groups is 1. The molecule has 1 aliphatic rings. The predicted octanol–water partition coefficient (Wildman–Crippen LogP) is 2.44. The van der Waals surface area contributed by atoms with Gasteiger partial charge >= 0.3 is 0 Å². The molecule has 0 N–H and O–H groups in total. The second-order valence-electron chi connectivity index (χ2n) is 4.41. The van der Waals surface area contributed by atoms with Crippen molar-refractivity contribution in [2.24, 2.45) is 0 Å². The molecule has 0 aliphatic carbocycles. The van der Waals surface area contributed by atoms with Crippen LogP contribution in [0.1, 0.15) is 42.0 Å². The summed E-state index contributed by atoms with van der Waals surface area (Å²) in [5, 5.41) is 0. The van der Waals surface area contributed by atoms with E-state index < -0.39 is 0 Å². The Morgan fingerprint density at radius 1 is 1.29 bits per heavy atom. The highest BCUT2D eigenvalue weighted by Gasteiger charge is 2.20. The number of methoxy groups -OCH3 is 1. The highest BCUT2D eigenvalue weighted by Crippen LogP contribution is 2.15. The Labute approximate surface area is 102 Å². The minimum absolute atomic E-state index is 0.00857. The third kappa shape index (κ3) is 3.09. The number of likely N-dealkylation sites (tertiary alicyclic amines) is 1. The molecule has 1 aliphatic heterocycles. The van der Waals surface area contributed by atoms with Gasteiger partial charge in [0.1, 0.15) is 12.4 Å². The molecule has 1 amide bonds. The lowest BCUT2D eigenvalue weighted by atomic mass is 10.2. The SMILES string of the molecule is COCc1ccc(C(=O)N2CCCCCC2)o1. The zero-order valence-corrected chi connectivity index (χ0v) is 10.3. The van der Waals surface area contributed by atoms with E-state index in [4.69, 9.17) is 9.15 Å². The normalized spacial score (nSPS) is 16.9. The number of rotatable bonds is 3. The van der Waals surface area contributed by atoms with Crippen molar-refractivity contribution in [2.45, 2.75) is 32.3 Å². The number of nitrogens with zero attached hydrogens (tertiary/aromatic N) is 1. The Balaban J connectivity index is 2.01. The second kappa shape index (κ2) is 5.87. The van der Waals surface area contributed by atoms with Crippen LogP contribution in [0.4, 0.5) is 0 Å². The number of furan rings is 1. The molecule has 0 radical (unpaired) electrons. The molecule has 0 spiro atoms. The van der Waals surface area contributed by atoms with Crippen LogP contribution in [0, 0.1) is 0 Å². The number of hydrogen-bond donors (Lipinski definition) is 0. The van der Waals surface area contributed by atoms with Gasteiger partial charge in [-0.1, -0.05) is 12.8 Å². The molecule has 0 bridgehead atoms. The van der Waals surface area contributed by atoms with E-state index in [1.807, 2.05) is 4.90 Å². The maximum atomic E-state index is 12.2. The first-order valence-corrected chi connectivity index (χ1v) is 6.18. The van der Waals surface area contributed by atoms with Gasteiger partial charge in [0.2, 0.25) is 0 Å². The fourth-order valence-electron chi connectivity index (χ4n) is 2.14. The van der Waals surface area contributed by atoms with Gasteiger partial charge in [0.25, 0.3) is 5.91 Å². The molecule has 0 unspecified atom stereocenters. The standard InChI is InChI=1S/C13H19NO3/c1-16-10-11-6-7-12(17-11)13(15)14-8-4-2-3-5-9-14/h6-7H,2-5,8-10H2,1H3. The first kappa shape index (κ1) is 12.2. The number of carbonyl (C=O) groups excluding carboxylic acids is 1. The molecule has 0 aromatic carbocycles. The highest BCUT2D eigenvalue weighted by molar-refractivity contribution is 5.91. The van der Waals surface area contributed by atoms with Crippen molar-refractivity contribution in [3.63, 3.8) is 0 Å². The van der Waals surface area contributed by atoms with Crippen molar-refractivity contribution >= 4 is 5.91 Å². The average Bonchev–Trinajstić information content (AvgIpc) is 2.64. The Hall–Kier alpha value is -1.29. The van der Waals surface area contributed by atoms with Gasteiger partial charge in [0.05, 0.1) is 0 Å². The summed E-state index contributed by atoms with van der Waals surface area (Å²) in [5.74, 6) is 1.14. The molecule has 1 saturated heterocycles. The third-order valence-electron chi connectivity index (χ3n) is 3.05. The van der Waals surface area contributed by atoms with Crippen LogP contribution in [0.5, 0.6) is 0 Å². The Kier molecular flexibility index (Phi) is 4.20. The summed E-state index contributed by atoms with van der Waals surface area (Å²) in [4.78, 5) is 14.1. The zero-order chi connectivity index (χ0) is 12.1. The molecular weight excluding hydrogens is 218 g/mol. The summed E-state index contributed by atoms with van der Waals surface area (Å²) in [7, 11) is 1.61. The van der Waals surface area contributed by atoms with Crippen LogP contribution in [0.2, 0.25) is 0 Å². The lowest BCUT2D eigenvalue weighted by Gasteiger charge is -2.18. The maximum Gasteiger partial charge on any atom is 0.289 e. The topological polar surface area (TPSA) is 42.7 Å². The van der Waals surface area contributed by atoms with Crippen LogP contribution < -0.4 is 0 Å². The Bertz CT molecular complexity index is 364. The summed E-state index contributed by atoms with van der Waals surface area (Å²) >= 11 is 0. The predicted molar refractivity (Wildman–Crippen MR) is 63.8 cm³/mol. The fraction of sp³-hybridized carbons (Fsp3) is 0.615.